The van der Waals surface area contributed by atoms with Gasteiger partial charge in [0, 0.05) is 5.70 Å². The lowest BCUT2D eigenvalue weighted by Crippen LogP contribution is -2.47. The number of halogens is 4. The topological polar surface area (TPSA) is 77.8 Å². The molecule has 0 spiro atoms. The van der Waals surface area contributed by atoms with Crippen LogP contribution in [0.3, 0.4) is 0 Å². The van der Waals surface area contributed by atoms with Crippen molar-refractivity contribution in [3.05, 3.63) is 58.2 Å². The van der Waals surface area contributed by atoms with Crippen LogP contribution in [0, 0.1) is 23.4 Å². The number of alkyl halides is 1. The molecule has 0 fully saturated rings. The second kappa shape index (κ2) is 7.05. The molecule has 0 saturated carbocycles. The normalized spacial score (nSPS) is 20.1. The second-order valence-corrected chi connectivity index (χ2v) is 6.37. The average Bonchev–Trinajstić information content (AvgIpc) is 2.56. The molecular weight excluding hydrogens is 370 g/mol. The minimum atomic E-state index is -2.61. The summed E-state index contributed by atoms with van der Waals surface area (Å²) in [6, 6.07) is 1.07. The van der Waals surface area contributed by atoms with E-state index in [1.54, 1.807) is 0 Å². The Bertz CT molecular complexity index is 878. The largest absolute Gasteiger partial charge is 0.480 e. The first kappa shape index (κ1) is 20.5. The van der Waals surface area contributed by atoms with Crippen LogP contribution in [0.1, 0.15) is 26.3 Å². The van der Waals surface area contributed by atoms with E-state index in [1.165, 1.54) is 20.8 Å². The molecule has 1 amide bonds. The van der Waals surface area contributed by atoms with Crippen molar-refractivity contribution in [2.45, 2.75) is 26.2 Å². The third-order valence-electron chi connectivity index (χ3n) is 4.50. The number of allylic oxidation sites excluding steroid dienone is 2. The van der Waals surface area contributed by atoms with Crippen molar-refractivity contribution < 1.29 is 37.4 Å². The summed E-state index contributed by atoms with van der Waals surface area (Å²) in [5.74, 6) is -7.07. The summed E-state index contributed by atoms with van der Waals surface area (Å²) in [5, 5.41) is 19.3. The Morgan fingerprint density at radius 1 is 1.15 bits per heavy atom. The molecule has 0 saturated heterocycles. The fraction of sp³-hybridized carbons (Fsp3) is 0.333. The first-order chi connectivity index (χ1) is 12.5. The molecule has 2 rings (SSSR count). The standard InChI is InChI=1S/C18H17F4NO4/c1-8(2)13-9(3)23(17(26)27)10(7-19)6-18(13,16(24)25)14-11(20)4-5-12(21)15(14)22/h4-6,8H,7H2,1-3H3,(H,24,25)(H,26,27). The number of carboxylic acid groups (broad SMARTS) is 2. The van der Waals surface area contributed by atoms with E-state index in [0.717, 1.165) is 0 Å². The van der Waals surface area contributed by atoms with E-state index in [1.807, 2.05) is 0 Å². The minimum absolute atomic E-state index is 0.196. The zero-order valence-electron chi connectivity index (χ0n) is 14.7. The zero-order chi connectivity index (χ0) is 20.7. The molecule has 1 aliphatic rings. The van der Waals surface area contributed by atoms with Gasteiger partial charge in [-0.1, -0.05) is 13.8 Å². The van der Waals surface area contributed by atoms with Gasteiger partial charge < -0.3 is 10.2 Å². The summed E-state index contributed by atoms with van der Waals surface area (Å²) in [6.07, 6.45) is -0.957. The number of hydrogen-bond acceptors (Lipinski definition) is 2. The minimum Gasteiger partial charge on any atom is -0.480 e. The maximum Gasteiger partial charge on any atom is 0.416 e. The lowest BCUT2D eigenvalue weighted by Gasteiger charge is -2.41. The molecule has 1 aliphatic heterocycles. The SMILES string of the molecule is CC1=C(C(C)C)C(C(=O)O)(c2c(F)ccc(F)c2F)C=C(CF)N1C(=O)O. The number of amides is 1. The first-order valence-electron chi connectivity index (χ1n) is 7.90. The van der Waals surface area contributed by atoms with Crippen LogP contribution in [0.4, 0.5) is 22.4 Å². The predicted octanol–water partition coefficient (Wildman–Crippen LogP) is 4.20. The van der Waals surface area contributed by atoms with E-state index >= 15 is 0 Å². The van der Waals surface area contributed by atoms with E-state index < -0.39 is 58.8 Å². The van der Waals surface area contributed by atoms with Gasteiger partial charge in [0.1, 0.15) is 17.9 Å². The van der Waals surface area contributed by atoms with Gasteiger partial charge >= 0.3 is 12.1 Å². The summed E-state index contributed by atoms with van der Waals surface area (Å²) in [6.45, 7) is 2.77. The van der Waals surface area contributed by atoms with Crippen LogP contribution in [0.5, 0.6) is 0 Å². The molecule has 1 unspecified atom stereocenters. The van der Waals surface area contributed by atoms with Gasteiger partial charge in [0.25, 0.3) is 0 Å². The number of hydrogen-bond donors (Lipinski definition) is 2. The van der Waals surface area contributed by atoms with E-state index in [9.17, 15) is 37.4 Å². The third-order valence-corrected chi connectivity index (χ3v) is 4.50. The predicted molar refractivity (Wildman–Crippen MR) is 87.1 cm³/mol. The highest BCUT2D eigenvalue weighted by atomic mass is 19.2. The smallest absolute Gasteiger partial charge is 0.416 e. The zero-order valence-corrected chi connectivity index (χ0v) is 14.7. The van der Waals surface area contributed by atoms with E-state index in [2.05, 4.69) is 0 Å². The molecule has 1 aromatic carbocycles. The maximum atomic E-state index is 14.5. The van der Waals surface area contributed by atoms with Crippen molar-refractivity contribution in [2.75, 3.05) is 6.67 Å². The molecule has 0 radical (unpaired) electrons. The van der Waals surface area contributed by atoms with Crippen molar-refractivity contribution >= 4 is 12.1 Å². The van der Waals surface area contributed by atoms with Crippen LogP contribution in [-0.2, 0) is 10.2 Å². The Kier molecular flexibility index (Phi) is 5.35. The Hall–Kier alpha value is -2.84. The number of carbonyl (C=O) groups is 2. The van der Waals surface area contributed by atoms with Crippen LogP contribution in [0.2, 0.25) is 0 Å². The van der Waals surface area contributed by atoms with Crippen molar-refractivity contribution in [1.82, 2.24) is 4.90 Å². The van der Waals surface area contributed by atoms with Crippen molar-refractivity contribution in [1.29, 1.82) is 0 Å². The molecule has 27 heavy (non-hydrogen) atoms. The monoisotopic (exact) mass is 387 g/mol. The van der Waals surface area contributed by atoms with Gasteiger partial charge in [0.05, 0.1) is 11.3 Å². The second-order valence-electron chi connectivity index (χ2n) is 6.37. The van der Waals surface area contributed by atoms with E-state index in [4.69, 9.17) is 0 Å². The van der Waals surface area contributed by atoms with Gasteiger partial charge in [-0.2, -0.15) is 0 Å². The van der Waals surface area contributed by atoms with Gasteiger partial charge in [0.2, 0.25) is 0 Å². The number of aliphatic carboxylic acids is 1. The molecular formula is C18H17F4NO4. The Labute approximate surface area is 152 Å². The maximum absolute atomic E-state index is 14.5. The molecule has 1 aromatic rings. The van der Waals surface area contributed by atoms with Crippen LogP contribution in [0.25, 0.3) is 0 Å². The molecule has 146 valence electrons. The highest BCUT2D eigenvalue weighted by Crippen LogP contribution is 2.47. The summed E-state index contributed by atoms with van der Waals surface area (Å²) < 4.78 is 56.4. The molecule has 1 atom stereocenters. The number of rotatable bonds is 4. The highest BCUT2D eigenvalue weighted by Gasteiger charge is 2.52. The molecule has 0 aromatic heterocycles. The lowest BCUT2D eigenvalue weighted by atomic mass is 9.67. The fourth-order valence-electron chi connectivity index (χ4n) is 3.63. The Morgan fingerprint density at radius 3 is 2.15 bits per heavy atom. The lowest BCUT2D eigenvalue weighted by molar-refractivity contribution is -0.141. The van der Waals surface area contributed by atoms with Crippen LogP contribution < -0.4 is 0 Å². The van der Waals surface area contributed by atoms with Crippen LogP contribution in [0.15, 0.2) is 35.2 Å². The van der Waals surface area contributed by atoms with E-state index in [0.29, 0.717) is 23.1 Å². The average molecular weight is 387 g/mol. The molecule has 5 nitrogen and oxygen atoms in total. The van der Waals surface area contributed by atoms with Crippen molar-refractivity contribution in [3.63, 3.8) is 0 Å². The van der Waals surface area contributed by atoms with Gasteiger partial charge in [-0.25, -0.2) is 22.4 Å². The Morgan fingerprint density at radius 2 is 1.70 bits per heavy atom. The molecule has 2 N–H and O–H groups in total. The van der Waals surface area contributed by atoms with Crippen LogP contribution in [-0.4, -0.2) is 33.9 Å². The number of nitrogens with zero attached hydrogens (tertiary/aromatic N) is 1. The van der Waals surface area contributed by atoms with Gasteiger partial charge in [0.15, 0.2) is 11.6 Å². The molecule has 0 bridgehead atoms. The van der Waals surface area contributed by atoms with E-state index in [-0.39, 0.29) is 11.3 Å². The summed E-state index contributed by atoms with van der Waals surface area (Å²) >= 11 is 0. The van der Waals surface area contributed by atoms with Gasteiger partial charge in [-0.3, -0.25) is 9.69 Å². The molecule has 1 heterocycles. The summed E-state index contributed by atoms with van der Waals surface area (Å²) in [7, 11) is 0. The van der Waals surface area contributed by atoms with Crippen molar-refractivity contribution in [3.8, 4) is 0 Å². The van der Waals surface area contributed by atoms with Crippen LogP contribution >= 0.6 is 0 Å². The summed E-state index contributed by atoms with van der Waals surface area (Å²) in [4.78, 5) is 24.3. The van der Waals surface area contributed by atoms with Crippen molar-refractivity contribution in [2.24, 2.45) is 5.92 Å². The first-order valence-corrected chi connectivity index (χ1v) is 7.90. The van der Waals surface area contributed by atoms with Gasteiger partial charge in [-0.05, 0) is 36.6 Å². The Balaban J connectivity index is 3.06. The fourth-order valence-corrected chi connectivity index (χ4v) is 3.63. The highest BCUT2D eigenvalue weighted by molar-refractivity contribution is 5.91. The number of carboxylic acids is 1. The molecule has 0 aliphatic carbocycles. The quantitative estimate of drug-likeness (QED) is 0.600. The summed E-state index contributed by atoms with van der Waals surface area (Å²) in [5.41, 5.74) is -4.78. The molecule has 9 heteroatoms. The van der Waals surface area contributed by atoms with Gasteiger partial charge in [-0.15, -0.1) is 0 Å². The number of benzene rings is 1. The third kappa shape index (κ3) is 2.96.